The molecule has 0 radical (unpaired) electrons. The summed E-state index contributed by atoms with van der Waals surface area (Å²) in [7, 11) is -3.66. The van der Waals surface area contributed by atoms with Crippen molar-refractivity contribution in [2.75, 3.05) is 0 Å². The molecule has 0 unspecified atom stereocenters. The first kappa shape index (κ1) is 15.3. The van der Waals surface area contributed by atoms with Gasteiger partial charge in [-0.25, -0.2) is 4.83 Å². The van der Waals surface area contributed by atoms with Gasteiger partial charge in [-0.05, 0) is 35.9 Å². The fourth-order valence-corrected chi connectivity index (χ4v) is 2.45. The van der Waals surface area contributed by atoms with Gasteiger partial charge in [-0.2, -0.15) is 13.5 Å². The highest BCUT2D eigenvalue weighted by Crippen LogP contribution is 2.13. The predicted octanol–water partition coefficient (Wildman–Crippen LogP) is 3.32. The van der Waals surface area contributed by atoms with E-state index in [4.69, 9.17) is 11.6 Å². The number of hydrazone groups is 1. The van der Waals surface area contributed by atoms with E-state index in [0.29, 0.717) is 5.02 Å². The summed E-state index contributed by atoms with van der Waals surface area (Å²) >= 11 is 5.71. The number of hydrogen-bond acceptors (Lipinski definition) is 3. The minimum Gasteiger partial charge on any atom is -0.200 e. The van der Waals surface area contributed by atoms with Gasteiger partial charge in [0.2, 0.25) is 0 Å². The quantitative estimate of drug-likeness (QED) is 0.678. The first-order valence-corrected chi connectivity index (χ1v) is 7.96. The summed E-state index contributed by atoms with van der Waals surface area (Å²) in [5.41, 5.74) is 1.00. The monoisotopic (exact) mass is 320 g/mol. The molecule has 0 heterocycles. The van der Waals surface area contributed by atoms with Gasteiger partial charge in [-0.15, -0.1) is 0 Å². The van der Waals surface area contributed by atoms with E-state index in [2.05, 4.69) is 9.93 Å². The van der Waals surface area contributed by atoms with Gasteiger partial charge in [-0.3, -0.25) is 0 Å². The van der Waals surface area contributed by atoms with Gasteiger partial charge in [0, 0.05) is 11.2 Å². The lowest BCUT2D eigenvalue weighted by Gasteiger charge is -2.02. The summed E-state index contributed by atoms with van der Waals surface area (Å²) in [4.78, 5) is 2.24. The van der Waals surface area contributed by atoms with E-state index in [1.165, 1.54) is 30.5 Å². The lowest BCUT2D eigenvalue weighted by molar-refractivity contribution is 0.584. The first-order chi connectivity index (χ1) is 10.1. The van der Waals surface area contributed by atoms with Crippen molar-refractivity contribution in [3.05, 3.63) is 71.3 Å². The molecule has 0 aromatic heterocycles. The lowest BCUT2D eigenvalue weighted by atomic mass is 10.2. The van der Waals surface area contributed by atoms with Crippen LogP contribution < -0.4 is 4.83 Å². The molecule has 21 heavy (non-hydrogen) atoms. The Hall–Kier alpha value is -2.11. The van der Waals surface area contributed by atoms with Crippen LogP contribution in [-0.4, -0.2) is 14.6 Å². The number of sulfonamides is 1. The number of benzene rings is 2. The van der Waals surface area contributed by atoms with E-state index in [0.717, 1.165) is 5.56 Å². The van der Waals surface area contributed by atoms with E-state index in [9.17, 15) is 8.42 Å². The Bertz CT molecular complexity index is 739. The van der Waals surface area contributed by atoms with Crippen molar-refractivity contribution >= 4 is 33.9 Å². The number of nitrogens with one attached hydrogen (secondary N) is 1. The van der Waals surface area contributed by atoms with Gasteiger partial charge < -0.3 is 0 Å². The van der Waals surface area contributed by atoms with E-state index < -0.39 is 10.0 Å². The Kier molecular flexibility index (Phi) is 5.14. The summed E-state index contributed by atoms with van der Waals surface area (Å²) in [6, 6.07) is 15.5. The fourth-order valence-electron chi connectivity index (χ4n) is 1.53. The molecule has 2 aromatic rings. The summed E-state index contributed by atoms with van der Waals surface area (Å²) in [5.74, 6) is 0. The van der Waals surface area contributed by atoms with Gasteiger partial charge >= 0.3 is 0 Å². The highest BCUT2D eigenvalue weighted by Gasteiger charge is 2.11. The summed E-state index contributed by atoms with van der Waals surface area (Å²) in [6.45, 7) is 0. The normalized spacial score (nSPS) is 12.0. The first-order valence-electron chi connectivity index (χ1n) is 6.10. The number of halogens is 1. The highest BCUT2D eigenvalue weighted by molar-refractivity contribution is 7.89. The SMILES string of the molecule is O=S(=O)(N/N=C\C=C\c1ccccc1)c1ccc(Cl)cc1. The zero-order valence-electron chi connectivity index (χ0n) is 11.0. The Balaban J connectivity index is 1.97. The average molecular weight is 321 g/mol. The van der Waals surface area contributed by atoms with Gasteiger partial charge in [0.05, 0.1) is 4.90 Å². The fraction of sp³-hybridized carbons (Fsp3) is 0. The second kappa shape index (κ2) is 7.06. The molecule has 0 fully saturated rings. The van der Waals surface area contributed by atoms with Crippen LogP contribution in [0.15, 0.2) is 70.7 Å². The van der Waals surface area contributed by atoms with Crippen molar-refractivity contribution in [2.45, 2.75) is 4.90 Å². The van der Waals surface area contributed by atoms with Crippen LogP contribution >= 0.6 is 11.6 Å². The third-order valence-corrected chi connectivity index (χ3v) is 4.04. The van der Waals surface area contributed by atoms with Gasteiger partial charge in [0.1, 0.15) is 0 Å². The van der Waals surface area contributed by atoms with Crippen molar-refractivity contribution in [2.24, 2.45) is 5.10 Å². The molecule has 0 bridgehead atoms. The molecule has 0 atom stereocenters. The summed E-state index contributed by atoms with van der Waals surface area (Å²) in [5, 5.41) is 4.15. The van der Waals surface area contributed by atoms with Crippen molar-refractivity contribution in [1.82, 2.24) is 4.83 Å². The number of rotatable bonds is 5. The van der Waals surface area contributed by atoms with Crippen LogP contribution in [-0.2, 0) is 10.0 Å². The van der Waals surface area contributed by atoms with Gasteiger partial charge in [-0.1, -0.05) is 48.0 Å². The predicted molar refractivity (Wildman–Crippen MR) is 85.7 cm³/mol. The molecule has 0 aliphatic carbocycles. The second-order valence-electron chi connectivity index (χ2n) is 4.10. The van der Waals surface area contributed by atoms with E-state index in [1.54, 1.807) is 6.08 Å². The zero-order valence-corrected chi connectivity index (χ0v) is 12.6. The Morgan fingerprint density at radius 3 is 2.33 bits per heavy atom. The van der Waals surface area contributed by atoms with Crippen LogP contribution in [0.5, 0.6) is 0 Å². The lowest BCUT2D eigenvalue weighted by Crippen LogP contribution is -2.17. The second-order valence-corrected chi connectivity index (χ2v) is 6.19. The minimum absolute atomic E-state index is 0.107. The molecular formula is C15H13ClN2O2S. The third-order valence-electron chi connectivity index (χ3n) is 2.55. The van der Waals surface area contributed by atoms with Crippen LogP contribution in [0.25, 0.3) is 6.08 Å². The van der Waals surface area contributed by atoms with Crippen LogP contribution in [0.2, 0.25) is 5.02 Å². The van der Waals surface area contributed by atoms with Crippen molar-refractivity contribution in [3.8, 4) is 0 Å². The van der Waals surface area contributed by atoms with Crippen molar-refractivity contribution in [3.63, 3.8) is 0 Å². The van der Waals surface area contributed by atoms with E-state index in [1.807, 2.05) is 36.4 Å². The molecule has 2 rings (SSSR count). The zero-order chi connectivity index (χ0) is 15.1. The Morgan fingerprint density at radius 2 is 1.67 bits per heavy atom. The maximum Gasteiger partial charge on any atom is 0.276 e. The molecular weight excluding hydrogens is 308 g/mol. The molecule has 0 saturated heterocycles. The van der Waals surface area contributed by atoms with E-state index in [-0.39, 0.29) is 4.90 Å². The van der Waals surface area contributed by atoms with Crippen molar-refractivity contribution in [1.29, 1.82) is 0 Å². The topological polar surface area (TPSA) is 58.5 Å². The third kappa shape index (κ3) is 4.73. The smallest absolute Gasteiger partial charge is 0.200 e. The molecule has 0 aliphatic heterocycles. The Morgan fingerprint density at radius 1 is 1.00 bits per heavy atom. The minimum atomic E-state index is -3.66. The Labute approximate surface area is 128 Å². The van der Waals surface area contributed by atoms with Crippen LogP contribution in [0.1, 0.15) is 5.56 Å². The molecule has 0 spiro atoms. The van der Waals surface area contributed by atoms with Crippen LogP contribution in [0.3, 0.4) is 0 Å². The molecule has 0 amide bonds. The van der Waals surface area contributed by atoms with Crippen LogP contribution in [0, 0.1) is 0 Å². The standard InChI is InChI=1S/C15H13ClN2O2S/c16-14-8-10-15(11-9-14)21(19,20)18-17-12-4-7-13-5-2-1-3-6-13/h1-12,18H/b7-4+,17-12-. The van der Waals surface area contributed by atoms with Crippen LogP contribution in [0.4, 0.5) is 0 Å². The summed E-state index contributed by atoms with van der Waals surface area (Å²) in [6.07, 6.45) is 4.85. The van der Waals surface area contributed by atoms with Gasteiger partial charge in [0.25, 0.3) is 10.0 Å². The number of hydrogen-bond donors (Lipinski definition) is 1. The van der Waals surface area contributed by atoms with Gasteiger partial charge in [0.15, 0.2) is 0 Å². The molecule has 6 heteroatoms. The molecule has 0 saturated carbocycles. The maximum atomic E-state index is 11.9. The average Bonchev–Trinajstić information content (AvgIpc) is 2.48. The molecule has 2 aromatic carbocycles. The maximum absolute atomic E-state index is 11.9. The van der Waals surface area contributed by atoms with E-state index >= 15 is 0 Å². The van der Waals surface area contributed by atoms with Crippen molar-refractivity contribution < 1.29 is 8.42 Å². The largest absolute Gasteiger partial charge is 0.276 e. The molecule has 1 N–H and O–H groups in total. The number of allylic oxidation sites excluding steroid dienone is 1. The number of nitrogens with zero attached hydrogens (tertiary/aromatic N) is 1. The highest BCUT2D eigenvalue weighted by atomic mass is 35.5. The molecule has 4 nitrogen and oxygen atoms in total. The summed E-state index contributed by atoms with van der Waals surface area (Å²) < 4.78 is 23.8. The molecule has 0 aliphatic rings. The molecule has 108 valence electrons.